The first-order chi connectivity index (χ1) is 7.61. The second kappa shape index (κ2) is 3.58. The zero-order valence-electron chi connectivity index (χ0n) is 7.88. The summed E-state index contributed by atoms with van der Waals surface area (Å²) in [5.41, 5.74) is -0.846. The van der Waals surface area contributed by atoms with Gasteiger partial charge < -0.3 is 4.42 Å². The first-order valence-electron chi connectivity index (χ1n) is 4.29. The molecule has 0 N–H and O–H groups in total. The molecule has 0 amide bonds. The highest BCUT2D eigenvalue weighted by molar-refractivity contribution is 5.90. The minimum atomic E-state index is -0.658. The maximum Gasteiger partial charge on any atom is 0.336 e. The Kier molecular flexibility index (Phi) is 2.24. The van der Waals surface area contributed by atoms with Gasteiger partial charge in [0, 0.05) is 17.5 Å². The molecule has 1 aromatic carbocycles. The number of carbonyl (C=O) groups excluding carboxylic acids is 1. The minimum absolute atomic E-state index is 0.119. The number of nitro groups is 1. The fourth-order valence-corrected chi connectivity index (χ4v) is 1.37. The molecule has 2 aromatic rings. The first kappa shape index (κ1) is 10.0. The van der Waals surface area contributed by atoms with E-state index in [1.165, 1.54) is 18.2 Å². The average Bonchev–Trinajstić information content (AvgIpc) is 2.26. The average molecular weight is 219 g/mol. The highest BCUT2D eigenvalue weighted by Crippen LogP contribution is 2.23. The third-order valence-corrected chi connectivity index (χ3v) is 2.09. The maximum absolute atomic E-state index is 10.9. The number of fused-ring (bicyclic) bond motifs is 1. The minimum Gasteiger partial charge on any atom is -0.423 e. The van der Waals surface area contributed by atoms with Crippen molar-refractivity contribution in [2.75, 3.05) is 0 Å². The van der Waals surface area contributed by atoms with Gasteiger partial charge in [-0.15, -0.1) is 0 Å². The van der Waals surface area contributed by atoms with E-state index < -0.39 is 10.5 Å². The Hall–Kier alpha value is -2.50. The number of nitrogens with zero attached hydrogens (tertiary/aromatic N) is 1. The third kappa shape index (κ3) is 1.56. The Morgan fingerprint density at radius 3 is 2.69 bits per heavy atom. The van der Waals surface area contributed by atoms with E-state index in [9.17, 15) is 19.7 Å². The van der Waals surface area contributed by atoms with Gasteiger partial charge in [0.15, 0.2) is 6.29 Å². The van der Waals surface area contributed by atoms with Crippen molar-refractivity contribution >= 4 is 22.9 Å². The molecule has 0 spiro atoms. The van der Waals surface area contributed by atoms with Crippen molar-refractivity contribution in [1.82, 2.24) is 0 Å². The van der Waals surface area contributed by atoms with Crippen LogP contribution in [0.1, 0.15) is 10.4 Å². The molecule has 2 rings (SSSR count). The van der Waals surface area contributed by atoms with E-state index in [0.29, 0.717) is 11.7 Å². The van der Waals surface area contributed by atoms with E-state index in [1.807, 2.05) is 0 Å². The molecule has 0 saturated heterocycles. The third-order valence-electron chi connectivity index (χ3n) is 2.09. The standard InChI is InChI=1S/C10H5NO5/c12-5-7-4-9-6(1-2-10(13)16-9)3-8(7)11(14)15/h1-5H. The zero-order chi connectivity index (χ0) is 11.7. The second-order valence-corrected chi connectivity index (χ2v) is 3.08. The van der Waals surface area contributed by atoms with Crippen molar-refractivity contribution in [2.45, 2.75) is 0 Å². The molecule has 0 aliphatic heterocycles. The number of rotatable bonds is 2. The first-order valence-corrected chi connectivity index (χ1v) is 4.29. The van der Waals surface area contributed by atoms with Crippen molar-refractivity contribution in [3.05, 3.63) is 50.4 Å². The predicted molar refractivity (Wildman–Crippen MR) is 54.5 cm³/mol. The van der Waals surface area contributed by atoms with Crippen LogP contribution in [-0.4, -0.2) is 11.2 Å². The van der Waals surface area contributed by atoms with Crippen molar-refractivity contribution in [1.29, 1.82) is 0 Å². The Balaban J connectivity index is 2.85. The van der Waals surface area contributed by atoms with Gasteiger partial charge >= 0.3 is 5.63 Å². The number of hydrogen-bond acceptors (Lipinski definition) is 5. The summed E-state index contributed by atoms with van der Waals surface area (Å²) >= 11 is 0. The summed E-state index contributed by atoms with van der Waals surface area (Å²) < 4.78 is 4.80. The fraction of sp³-hybridized carbons (Fsp3) is 0. The van der Waals surface area contributed by atoms with Gasteiger partial charge in [-0.2, -0.15) is 0 Å². The van der Waals surface area contributed by atoms with Gasteiger partial charge in [-0.1, -0.05) is 0 Å². The van der Waals surface area contributed by atoms with Crippen molar-refractivity contribution < 1.29 is 14.1 Å². The molecule has 80 valence electrons. The topological polar surface area (TPSA) is 90.4 Å². The van der Waals surface area contributed by atoms with Crippen molar-refractivity contribution in [3.8, 4) is 0 Å². The van der Waals surface area contributed by atoms with Gasteiger partial charge in [0.1, 0.15) is 5.58 Å². The molecule has 6 nitrogen and oxygen atoms in total. The summed E-state index contributed by atoms with van der Waals surface area (Å²) in [5.74, 6) is 0. The normalized spacial score (nSPS) is 10.2. The molecule has 0 bridgehead atoms. The van der Waals surface area contributed by atoms with E-state index in [0.717, 1.165) is 6.07 Å². The molecule has 0 aliphatic rings. The number of carbonyl (C=O) groups is 1. The van der Waals surface area contributed by atoms with Gasteiger partial charge in [0.2, 0.25) is 0 Å². The fourth-order valence-electron chi connectivity index (χ4n) is 1.37. The number of nitro benzene ring substituents is 1. The van der Waals surface area contributed by atoms with Crippen molar-refractivity contribution in [3.63, 3.8) is 0 Å². The van der Waals surface area contributed by atoms with Gasteiger partial charge in [-0.3, -0.25) is 14.9 Å². The van der Waals surface area contributed by atoms with Gasteiger partial charge in [0.25, 0.3) is 5.69 Å². The number of hydrogen-bond donors (Lipinski definition) is 0. The highest BCUT2D eigenvalue weighted by atomic mass is 16.6. The van der Waals surface area contributed by atoms with E-state index in [-0.39, 0.29) is 16.8 Å². The summed E-state index contributed by atoms with van der Waals surface area (Å²) in [6.07, 6.45) is 0.352. The summed E-state index contributed by atoms with van der Waals surface area (Å²) in [6, 6.07) is 4.94. The van der Waals surface area contributed by atoms with Crippen LogP contribution in [0.15, 0.2) is 33.5 Å². The zero-order valence-corrected chi connectivity index (χ0v) is 7.88. The highest BCUT2D eigenvalue weighted by Gasteiger charge is 2.15. The molecule has 1 heterocycles. The molecule has 0 aliphatic carbocycles. The van der Waals surface area contributed by atoms with Crippen LogP contribution in [0.2, 0.25) is 0 Å². The molecular weight excluding hydrogens is 214 g/mol. The van der Waals surface area contributed by atoms with Crippen LogP contribution in [0.25, 0.3) is 11.0 Å². The Labute approximate surface area is 88.3 Å². The molecule has 1 aromatic heterocycles. The van der Waals surface area contributed by atoms with Crippen LogP contribution < -0.4 is 5.63 Å². The van der Waals surface area contributed by atoms with Gasteiger partial charge in [0.05, 0.1) is 10.5 Å². The lowest BCUT2D eigenvalue weighted by Crippen LogP contribution is -1.98. The molecule has 0 radical (unpaired) electrons. The maximum atomic E-state index is 10.9. The molecule has 0 saturated carbocycles. The Morgan fingerprint density at radius 2 is 2.06 bits per heavy atom. The summed E-state index contributed by atoms with van der Waals surface area (Å²) in [4.78, 5) is 31.5. The van der Waals surface area contributed by atoms with Crippen LogP contribution >= 0.6 is 0 Å². The lowest BCUT2D eigenvalue weighted by Gasteiger charge is -1.98. The molecule has 16 heavy (non-hydrogen) atoms. The summed E-state index contributed by atoms with van der Waals surface area (Å²) in [5, 5.41) is 11.0. The number of aldehydes is 1. The second-order valence-electron chi connectivity index (χ2n) is 3.08. The monoisotopic (exact) mass is 219 g/mol. The molecule has 6 heteroatoms. The molecule has 0 unspecified atom stereocenters. The summed E-state index contributed by atoms with van der Waals surface area (Å²) in [7, 11) is 0. The van der Waals surface area contributed by atoms with Crippen LogP contribution in [0.4, 0.5) is 5.69 Å². The van der Waals surface area contributed by atoms with Gasteiger partial charge in [-0.05, 0) is 12.1 Å². The lowest BCUT2D eigenvalue weighted by atomic mass is 10.1. The number of benzene rings is 1. The van der Waals surface area contributed by atoms with E-state index in [2.05, 4.69) is 0 Å². The van der Waals surface area contributed by atoms with E-state index >= 15 is 0 Å². The molecule has 0 fully saturated rings. The van der Waals surface area contributed by atoms with E-state index in [1.54, 1.807) is 0 Å². The smallest absolute Gasteiger partial charge is 0.336 e. The quantitative estimate of drug-likeness (QED) is 0.330. The van der Waals surface area contributed by atoms with Crippen LogP contribution in [0, 0.1) is 10.1 Å². The van der Waals surface area contributed by atoms with Gasteiger partial charge in [-0.25, -0.2) is 4.79 Å². The summed E-state index contributed by atoms with van der Waals surface area (Å²) in [6.45, 7) is 0. The Bertz CT molecular complexity index is 643. The van der Waals surface area contributed by atoms with E-state index in [4.69, 9.17) is 4.42 Å². The molecular formula is C10H5NO5. The van der Waals surface area contributed by atoms with Crippen LogP contribution in [0.3, 0.4) is 0 Å². The molecule has 0 atom stereocenters. The predicted octanol–water partition coefficient (Wildman–Crippen LogP) is 1.51. The Morgan fingerprint density at radius 1 is 1.31 bits per heavy atom. The lowest BCUT2D eigenvalue weighted by molar-refractivity contribution is -0.384. The SMILES string of the molecule is O=Cc1cc2oc(=O)ccc2cc1[N+](=O)[O-]. The van der Waals surface area contributed by atoms with Crippen LogP contribution in [0.5, 0.6) is 0 Å². The largest absolute Gasteiger partial charge is 0.423 e. The van der Waals surface area contributed by atoms with Crippen LogP contribution in [-0.2, 0) is 0 Å². The van der Waals surface area contributed by atoms with Crippen molar-refractivity contribution in [2.24, 2.45) is 0 Å².